The Balaban J connectivity index is 2.01. The quantitative estimate of drug-likeness (QED) is 0.512. The molecule has 0 aromatic carbocycles. The zero-order valence-electron chi connectivity index (χ0n) is 8.55. The van der Waals surface area contributed by atoms with Gasteiger partial charge in [-0.2, -0.15) is 0 Å². The first-order chi connectivity index (χ1) is 5.77. The fraction of sp³-hybridized carbons (Fsp3) is 1.00. The van der Waals surface area contributed by atoms with Crippen molar-refractivity contribution in [2.24, 2.45) is 23.7 Å². The van der Waals surface area contributed by atoms with Crippen molar-refractivity contribution in [3.8, 4) is 0 Å². The van der Waals surface area contributed by atoms with E-state index in [1.54, 1.807) is 12.8 Å². The second-order valence-corrected chi connectivity index (χ2v) is 5.26. The summed E-state index contributed by atoms with van der Waals surface area (Å²) in [5.74, 6) is 4.26. The number of rotatable bonds is 0. The largest absolute Gasteiger partial charge is 0.0625 e. The van der Waals surface area contributed by atoms with Crippen LogP contribution in [0.5, 0.6) is 0 Å². The minimum Gasteiger partial charge on any atom is -0.0625 e. The van der Waals surface area contributed by atoms with Gasteiger partial charge >= 0.3 is 0 Å². The van der Waals surface area contributed by atoms with Crippen LogP contribution in [0.1, 0.15) is 52.4 Å². The Kier molecular flexibility index (Phi) is 2.43. The highest BCUT2D eigenvalue weighted by atomic mass is 14.4. The van der Waals surface area contributed by atoms with Crippen molar-refractivity contribution >= 4 is 0 Å². The van der Waals surface area contributed by atoms with E-state index < -0.39 is 0 Å². The molecule has 4 atom stereocenters. The molecule has 2 rings (SSSR count). The van der Waals surface area contributed by atoms with Crippen LogP contribution in [-0.4, -0.2) is 0 Å². The Hall–Kier alpha value is 0. The van der Waals surface area contributed by atoms with Crippen molar-refractivity contribution in [3.63, 3.8) is 0 Å². The van der Waals surface area contributed by atoms with Gasteiger partial charge < -0.3 is 0 Å². The molecule has 2 saturated carbocycles. The van der Waals surface area contributed by atoms with Crippen LogP contribution < -0.4 is 0 Å². The molecule has 0 unspecified atom stereocenters. The average molecular weight is 166 g/mol. The van der Waals surface area contributed by atoms with Crippen LogP contribution in [0, 0.1) is 23.7 Å². The summed E-state index contributed by atoms with van der Waals surface area (Å²) in [6.07, 6.45) is 9.15. The topological polar surface area (TPSA) is 0 Å². The summed E-state index contributed by atoms with van der Waals surface area (Å²) >= 11 is 0. The molecule has 2 aliphatic rings. The Morgan fingerprint density at radius 2 is 1.67 bits per heavy atom. The second-order valence-electron chi connectivity index (χ2n) is 5.26. The summed E-state index contributed by atoms with van der Waals surface area (Å²) < 4.78 is 0. The number of hydrogen-bond acceptors (Lipinski definition) is 0. The third-order valence-corrected chi connectivity index (χ3v) is 4.18. The van der Waals surface area contributed by atoms with E-state index in [1.807, 2.05) is 0 Å². The predicted molar refractivity (Wildman–Crippen MR) is 53.0 cm³/mol. The number of fused-ring (bicyclic) bond motifs is 1. The first kappa shape index (κ1) is 8.59. The summed E-state index contributed by atoms with van der Waals surface area (Å²) in [6, 6.07) is 0. The fourth-order valence-electron chi connectivity index (χ4n) is 3.70. The first-order valence-electron chi connectivity index (χ1n) is 5.77. The van der Waals surface area contributed by atoms with Gasteiger partial charge in [0.05, 0.1) is 0 Å². The lowest BCUT2D eigenvalue weighted by Crippen LogP contribution is -2.32. The maximum atomic E-state index is 2.48. The SMILES string of the molecule is C[C@@H]1C[C@H]2CCCC[C@H]2[C@@H](C)C1. The maximum absolute atomic E-state index is 2.48. The molecule has 70 valence electrons. The molecule has 12 heavy (non-hydrogen) atoms. The van der Waals surface area contributed by atoms with E-state index in [-0.39, 0.29) is 0 Å². The monoisotopic (exact) mass is 166 g/mol. The molecule has 0 N–H and O–H groups in total. The third kappa shape index (κ3) is 1.53. The van der Waals surface area contributed by atoms with Crippen molar-refractivity contribution in [1.82, 2.24) is 0 Å². The van der Waals surface area contributed by atoms with E-state index in [4.69, 9.17) is 0 Å². The molecule has 0 saturated heterocycles. The maximum Gasteiger partial charge on any atom is -0.0360 e. The Morgan fingerprint density at radius 1 is 0.917 bits per heavy atom. The van der Waals surface area contributed by atoms with Gasteiger partial charge in [-0.05, 0) is 42.9 Å². The minimum atomic E-state index is 1.01. The van der Waals surface area contributed by atoms with Gasteiger partial charge in [0.2, 0.25) is 0 Å². The van der Waals surface area contributed by atoms with E-state index in [0.29, 0.717) is 0 Å². The van der Waals surface area contributed by atoms with Gasteiger partial charge in [0.1, 0.15) is 0 Å². The molecule has 0 amide bonds. The van der Waals surface area contributed by atoms with Gasteiger partial charge in [0, 0.05) is 0 Å². The van der Waals surface area contributed by atoms with Gasteiger partial charge in [-0.1, -0.05) is 33.1 Å². The van der Waals surface area contributed by atoms with Gasteiger partial charge in [0.25, 0.3) is 0 Å². The standard InChI is InChI=1S/C12H22/c1-9-7-10(2)12-6-4-3-5-11(12)8-9/h9-12H,3-8H2,1-2H3/t9-,10-,11+,12-/m0/s1. The minimum absolute atomic E-state index is 1.01. The van der Waals surface area contributed by atoms with Gasteiger partial charge in [-0.3, -0.25) is 0 Å². The molecule has 0 nitrogen and oxygen atoms in total. The van der Waals surface area contributed by atoms with Crippen LogP contribution in [0.3, 0.4) is 0 Å². The van der Waals surface area contributed by atoms with Crippen molar-refractivity contribution in [3.05, 3.63) is 0 Å². The van der Waals surface area contributed by atoms with Gasteiger partial charge in [-0.25, -0.2) is 0 Å². The molecular weight excluding hydrogens is 144 g/mol. The van der Waals surface area contributed by atoms with Gasteiger partial charge in [0.15, 0.2) is 0 Å². The van der Waals surface area contributed by atoms with E-state index in [1.165, 1.54) is 25.7 Å². The molecule has 0 spiro atoms. The highest BCUT2D eigenvalue weighted by molar-refractivity contribution is 4.85. The van der Waals surface area contributed by atoms with E-state index in [2.05, 4.69) is 13.8 Å². The van der Waals surface area contributed by atoms with Crippen LogP contribution in [0.15, 0.2) is 0 Å². The zero-order chi connectivity index (χ0) is 8.55. The fourth-order valence-corrected chi connectivity index (χ4v) is 3.70. The lowest BCUT2D eigenvalue weighted by Gasteiger charge is -2.42. The summed E-state index contributed by atoms with van der Waals surface area (Å²) in [6.45, 7) is 4.93. The van der Waals surface area contributed by atoms with Crippen molar-refractivity contribution in [2.75, 3.05) is 0 Å². The highest BCUT2D eigenvalue weighted by Crippen LogP contribution is 2.45. The summed E-state index contributed by atoms with van der Waals surface area (Å²) in [5.41, 5.74) is 0. The molecule has 0 bridgehead atoms. The molecule has 0 radical (unpaired) electrons. The summed E-state index contributed by atoms with van der Waals surface area (Å²) in [5, 5.41) is 0. The van der Waals surface area contributed by atoms with Crippen LogP contribution >= 0.6 is 0 Å². The van der Waals surface area contributed by atoms with E-state index in [0.717, 1.165) is 23.7 Å². The van der Waals surface area contributed by atoms with Gasteiger partial charge in [-0.15, -0.1) is 0 Å². The Labute approximate surface area is 76.7 Å². The highest BCUT2D eigenvalue weighted by Gasteiger charge is 2.34. The third-order valence-electron chi connectivity index (χ3n) is 4.18. The van der Waals surface area contributed by atoms with Crippen LogP contribution in [-0.2, 0) is 0 Å². The van der Waals surface area contributed by atoms with Crippen molar-refractivity contribution in [2.45, 2.75) is 52.4 Å². The molecule has 0 aliphatic heterocycles. The summed E-state index contributed by atoms with van der Waals surface area (Å²) in [4.78, 5) is 0. The van der Waals surface area contributed by atoms with E-state index >= 15 is 0 Å². The second kappa shape index (κ2) is 3.40. The molecule has 2 fully saturated rings. The van der Waals surface area contributed by atoms with Crippen molar-refractivity contribution < 1.29 is 0 Å². The summed E-state index contributed by atoms with van der Waals surface area (Å²) in [7, 11) is 0. The molecular formula is C12H22. The first-order valence-corrected chi connectivity index (χ1v) is 5.77. The molecule has 0 aromatic rings. The molecule has 0 heteroatoms. The zero-order valence-corrected chi connectivity index (χ0v) is 8.55. The molecule has 2 aliphatic carbocycles. The Bertz CT molecular complexity index is 150. The van der Waals surface area contributed by atoms with Crippen molar-refractivity contribution in [1.29, 1.82) is 0 Å². The molecule has 0 aromatic heterocycles. The molecule has 0 heterocycles. The van der Waals surface area contributed by atoms with Crippen LogP contribution in [0.2, 0.25) is 0 Å². The van der Waals surface area contributed by atoms with Crippen LogP contribution in [0.25, 0.3) is 0 Å². The lowest BCUT2D eigenvalue weighted by atomic mass is 9.63. The smallest absolute Gasteiger partial charge is 0.0360 e. The number of hydrogen-bond donors (Lipinski definition) is 0. The lowest BCUT2D eigenvalue weighted by molar-refractivity contribution is 0.0827. The van der Waals surface area contributed by atoms with E-state index in [9.17, 15) is 0 Å². The average Bonchev–Trinajstić information content (AvgIpc) is 2.04. The normalized spacial score (nSPS) is 48.5. The predicted octanol–water partition coefficient (Wildman–Crippen LogP) is 3.86. The Morgan fingerprint density at radius 3 is 2.50 bits per heavy atom. The van der Waals surface area contributed by atoms with Crippen LogP contribution in [0.4, 0.5) is 0 Å².